The molecule has 2 aliphatic rings. The minimum absolute atomic E-state index is 0.402. The number of hydrogen-bond acceptors (Lipinski definition) is 0. The summed E-state index contributed by atoms with van der Waals surface area (Å²) in [6.07, 6.45) is 11.9. The van der Waals surface area contributed by atoms with Crippen LogP contribution in [0.25, 0.3) is 0 Å². The molecule has 0 aromatic rings. The van der Waals surface area contributed by atoms with E-state index in [4.69, 9.17) is 0 Å². The second kappa shape index (κ2) is 3.97. The average Bonchev–Trinajstić information content (AvgIpc) is 2.23. The zero-order valence-electron chi connectivity index (χ0n) is 8.37. The minimum Gasteiger partial charge on any atom is -0.204 e. The van der Waals surface area contributed by atoms with E-state index in [1.807, 2.05) is 24.3 Å². The van der Waals surface area contributed by atoms with E-state index >= 15 is 0 Å². The normalized spacial score (nSPS) is 25.4. The van der Waals surface area contributed by atoms with E-state index < -0.39 is 11.7 Å². The maximum Gasteiger partial charge on any atom is 0.158 e. The van der Waals surface area contributed by atoms with Gasteiger partial charge in [0.05, 0.1) is 0 Å². The quantitative estimate of drug-likeness (QED) is 0.561. The van der Waals surface area contributed by atoms with Crippen molar-refractivity contribution in [1.29, 1.82) is 0 Å². The Labute approximate surface area is 88.0 Å². The van der Waals surface area contributed by atoms with Gasteiger partial charge in [0.1, 0.15) is 0 Å². The SMILES string of the molecule is CC1C=CC(=C2[CH]C=C(F)C(F)=C2)C=C1. The summed E-state index contributed by atoms with van der Waals surface area (Å²) in [6, 6.07) is 0. The zero-order chi connectivity index (χ0) is 10.8. The lowest BCUT2D eigenvalue weighted by atomic mass is 9.94. The van der Waals surface area contributed by atoms with Crippen LogP contribution in [0.5, 0.6) is 0 Å². The summed E-state index contributed by atoms with van der Waals surface area (Å²) >= 11 is 0. The van der Waals surface area contributed by atoms with Crippen LogP contribution in [0.15, 0.2) is 59.3 Å². The second-order valence-corrected chi connectivity index (χ2v) is 3.66. The van der Waals surface area contributed by atoms with Crippen LogP contribution in [-0.4, -0.2) is 0 Å². The molecule has 2 rings (SSSR count). The molecule has 0 nitrogen and oxygen atoms in total. The summed E-state index contributed by atoms with van der Waals surface area (Å²) in [6.45, 7) is 2.06. The highest BCUT2D eigenvalue weighted by Gasteiger charge is 2.13. The summed E-state index contributed by atoms with van der Waals surface area (Å²) in [5.41, 5.74) is 1.61. The molecule has 0 spiro atoms. The van der Waals surface area contributed by atoms with Crippen molar-refractivity contribution in [2.24, 2.45) is 5.92 Å². The first-order valence-corrected chi connectivity index (χ1v) is 4.85. The molecule has 0 saturated carbocycles. The highest BCUT2D eigenvalue weighted by Crippen LogP contribution is 2.28. The molecule has 0 heterocycles. The maximum atomic E-state index is 13.0. The van der Waals surface area contributed by atoms with Crippen molar-refractivity contribution in [3.8, 4) is 0 Å². The fourth-order valence-corrected chi connectivity index (χ4v) is 1.50. The van der Waals surface area contributed by atoms with E-state index in [-0.39, 0.29) is 0 Å². The Hall–Kier alpha value is -1.44. The third-order valence-corrected chi connectivity index (χ3v) is 2.41. The topological polar surface area (TPSA) is 0 Å². The largest absolute Gasteiger partial charge is 0.204 e. The van der Waals surface area contributed by atoms with Gasteiger partial charge in [-0.15, -0.1) is 0 Å². The van der Waals surface area contributed by atoms with Crippen molar-refractivity contribution in [3.05, 3.63) is 65.7 Å². The fraction of sp³-hybridized carbons (Fsp3) is 0.154. The van der Waals surface area contributed by atoms with Crippen molar-refractivity contribution < 1.29 is 8.78 Å². The third-order valence-electron chi connectivity index (χ3n) is 2.41. The molecule has 0 aliphatic heterocycles. The molecule has 0 saturated heterocycles. The van der Waals surface area contributed by atoms with Crippen molar-refractivity contribution in [1.82, 2.24) is 0 Å². The fourth-order valence-electron chi connectivity index (χ4n) is 1.50. The minimum atomic E-state index is -0.809. The molecule has 0 unspecified atom stereocenters. The van der Waals surface area contributed by atoms with Crippen LogP contribution in [0.1, 0.15) is 6.92 Å². The zero-order valence-corrected chi connectivity index (χ0v) is 8.37. The molecule has 0 bridgehead atoms. The molecule has 2 heteroatoms. The maximum absolute atomic E-state index is 13.0. The van der Waals surface area contributed by atoms with Crippen LogP contribution in [-0.2, 0) is 0 Å². The van der Waals surface area contributed by atoms with Crippen LogP contribution in [0.3, 0.4) is 0 Å². The molecule has 15 heavy (non-hydrogen) atoms. The first kappa shape index (κ1) is 10.1. The summed E-state index contributed by atoms with van der Waals surface area (Å²) in [4.78, 5) is 0. The van der Waals surface area contributed by atoms with Crippen molar-refractivity contribution in [2.75, 3.05) is 0 Å². The Morgan fingerprint density at radius 1 is 1.00 bits per heavy atom. The highest BCUT2D eigenvalue weighted by molar-refractivity contribution is 5.53. The number of rotatable bonds is 0. The van der Waals surface area contributed by atoms with E-state index in [0.29, 0.717) is 11.5 Å². The smallest absolute Gasteiger partial charge is 0.158 e. The van der Waals surface area contributed by atoms with Gasteiger partial charge in [0.15, 0.2) is 11.7 Å². The summed E-state index contributed by atoms with van der Waals surface area (Å²) < 4.78 is 25.7. The summed E-state index contributed by atoms with van der Waals surface area (Å²) in [5.74, 6) is -1.21. The Morgan fingerprint density at radius 3 is 2.27 bits per heavy atom. The van der Waals surface area contributed by atoms with Crippen molar-refractivity contribution in [2.45, 2.75) is 6.92 Å². The molecule has 1 radical (unpaired) electrons. The van der Waals surface area contributed by atoms with Gasteiger partial charge in [0, 0.05) is 6.42 Å². The van der Waals surface area contributed by atoms with Crippen LogP contribution in [0.2, 0.25) is 0 Å². The first-order valence-electron chi connectivity index (χ1n) is 4.85. The first-order chi connectivity index (χ1) is 7.16. The Bertz CT molecular complexity index is 404. The number of halogens is 2. The van der Waals surface area contributed by atoms with Gasteiger partial charge in [-0.1, -0.05) is 31.2 Å². The van der Waals surface area contributed by atoms with Crippen LogP contribution < -0.4 is 0 Å². The molecule has 0 aromatic heterocycles. The predicted molar refractivity (Wildman–Crippen MR) is 57.2 cm³/mol. The van der Waals surface area contributed by atoms with Gasteiger partial charge in [-0.3, -0.25) is 0 Å². The Morgan fingerprint density at radius 2 is 1.67 bits per heavy atom. The molecule has 0 fully saturated rings. The molecule has 0 N–H and O–H groups in total. The van der Waals surface area contributed by atoms with Gasteiger partial charge in [-0.2, -0.15) is 0 Å². The van der Waals surface area contributed by atoms with Crippen molar-refractivity contribution >= 4 is 0 Å². The van der Waals surface area contributed by atoms with Gasteiger partial charge < -0.3 is 0 Å². The van der Waals surface area contributed by atoms with Gasteiger partial charge in [-0.25, -0.2) is 8.78 Å². The third kappa shape index (κ3) is 2.14. The molecule has 2 aliphatic carbocycles. The Balaban J connectivity index is 2.30. The number of hydrogen-bond donors (Lipinski definition) is 0. The van der Waals surface area contributed by atoms with Gasteiger partial charge in [0.25, 0.3) is 0 Å². The predicted octanol–water partition coefficient (Wildman–Crippen LogP) is 3.97. The van der Waals surface area contributed by atoms with Gasteiger partial charge in [0.2, 0.25) is 0 Å². The monoisotopic (exact) mass is 205 g/mol. The van der Waals surface area contributed by atoms with E-state index in [0.717, 1.165) is 11.6 Å². The van der Waals surface area contributed by atoms with E-state index in [1.165, 1.54) is 6.08 Å². The molecule has 0 amide bonds. The highest BCUT2D eigenvalue weighted by atomic mass is 19.2. The number of allylic oxidation sites excluding steroid dienone is 10. The summed E-state index contributed by atoms with van der Waals surface area (Å²) in [5, 5.41) is 0. The van der Waals surface area contributed by atoms with Gasteiger partial charge in [-0.05, 0) is 29.2 Å². The molecule has 0 atom stereocenters. The van der Waals surface area contributed by atoms with Crippen LogP contribution in [0.4, 0.5) is 8.78 Å². The molecular weight excluding hydrogens is 194 g/mol. The van der Waals surface area contributed by atoms with Crippen molar-refractivity contribution in [3.63, 3.8) is 0 Å². The van der Waals surface area contributed by atoms with E-state index in [9.17, 15) is 8.78 Å². The molecular formula is C13H11F2. The van der Waals surface area contributed by atoms with Crippen LogP contribution in [0, 0.1) is 12.3 Å². The molecule has 0 aromatic carbocycles. The lowest BCUT2D eigenvalue weighted by Crippen LogP contribution is -1.96. The standard InChI is InChI=1S/C13H11F2/c1-9-2-4-10(5-3-9)11-6-7-12(14)13(15)8-11/h2-9H,1H3. The average molecular weight is 205 g/mol. The second-order valence-electron chi connectivity index (χ2n) is 3.66. The van der Waals surface area contributed by atoms with Gasteiger partial charge >= 0.3 is 0 Å². The Kier molecular flexibility index (Phi) is 2.67. The molecule has 77 valence electrons. The van der Waals surface area contributed by atoms with E-state index in [1.54, 1.807) is 6.42 Å². The summed E-state index contributed by atoms with van der Waals surface area (Å²) in [7, 11) is 0. The van der Waals surface area contributed by atoms with Crippen LogP contribution >= 0.6 is 0 Å². The lowest BCUT2D eigenvalue weighted by Gasteiger charge is -2.12. The van der Waals surface area contributed by atoms with E-state index in [2.05, 4.69) is 6.92 Å². The lowest BCUT2D eigenvalue weighted by molar-refractivity contribution is 0.541.